The third kappa shape index (κ3) is 4.42. The van der Waals surface area contributed by atoms with Gasteiger partial charge in [-0.1, -0.05) is 24.3 Å². The van der Waals surface area contributed by atoms with Gasteiger partial charge in [-0.05, 0) is 73.2 Å². The Morgan fingerprint density at radius 1 is 0.964 bits per heavy atom. The third-order valence-corrected chi connectivity index (χ3v) is 5.92. The maximum absolute atomic E-state index is 12.5. The molecule has 2 N–H and O–H groups in total. The number of rotatable bonds is 5. The smallest absolute Gasteiger partial charge is 0.224 e. The van der Waals surface area contributed by atoms with Crippen molar-refractivity contribution < 1.29 is 9.59 Å². The van der Waals surface area contributed by atoms with E-state index in [-0.39, 0.29) is 11.8 Å². The number of amides is 2. The maximum atomic E-state index is 12.5. The van der Waals surface area contributed by atoms with Gasteiger partial charge >= 0.3 is 0 Å². The molecule has 5 heteroatoms. The number of piperidine rings is 3. The summed E-state index contributed by atoms with van der Waals surface area (Å²) in [5.41, 5.74) is 3.67. The number of fused-ring (bicyclic) bond motifs is 3. The Morgan fingerprint density at radius 3 is 2.36 bits per heavy atom. The van der Waals surface area contributed by atoms with Crippen LogP contribution in [0.15, 0.2) is 48.5 Å². The normalized spacial score (nSPS) is 23.2. The highest BCUT2D eigenvalue weighted by atomic mass is 16.2. The molecule has 0 saturated carbocycles. The summed E-state index contributed by atoms with van der Waals surface area (Å²) in [6.45, 7) is 4.97. The standard InChI is InChI=1S/C23H27N3O2/c1-16(27)24-22-4-2-3-19(13-22)17-5-7-21(8-6-17)25-23(28)14-20-15-26-11-9-18(20)10-12-26/h2-8,13,18,20H,9-12,14-15H2,1H3,(H,24,27)(H,25,28). The van der Waals surface area contributed by atoms with Crippen LogP contribution in [0, 0.1) is 11.8 Å². The molecule has 5 rings (SSSR count). The van der Waals surface area contributed by atoms with Gasteiger partial charge in [0.05, 0.1) is 0 Å². The molecule has 0 aliphatic carbocycles. The molecule has 3 heterocycles. The fourth-order valence-electron chi connectivity index (χ4n) is 4.49. The molecule has 2 amide bonds. The van der Waals surface area contributed by atoms with Gasteiger partial charge in [-0.2, -0.15) is 0 Å². The molecular formula is C23H27N3O2. The molecule has 0 spiro atoms. The van der Waals surface area contributed by atoms with Gasteiger partial charge < -0.3 is 15.5 Å². The van der Waals surface area contributed by atoms with Crippen molar-refractivity contribution in [3.05, 3.63) is 48.5 Å². The minimum absolute atomic E-state index is 0.0850. The molecule has 3 aliphatic heterocycles. The Bertz CT molecular complexity index is 854. The minimum atomic E-state index is -0.0850. The van der Waals surface area contributed by atoms with Crippen molar-refractivity contribution >= 4 is 23.2 Å². The summed E-state index contributed by atoms with van der Waals surface area (Å²) < 4.78 is 0. The SMILES string of the molecule is CC(=O)Nc1cccc(-c2ccc(NC(=O)CC3CN4CCC3CC4)cc2)c1. The van der Waals surface area contributed by atoms with Crippen molar-refractivity contribution in [2.24, 2.45) is 11.8 Å². The quantitative estimate of drug-likeness (QED) is 0.828. The van der Waals surface area contributed by atoms with Crippen LogP contribution in [-0.2, 0) is 9.59 Å². The van der Waals surface area contributed by atoms with Gasteiger partial charge in [0.25, 0.3) is 0 Å². The predicted molar refractivity (Wildman–Crippen MR) is 112 cm³/mol. The first-order chi connectivity index (χ1) is 13.6. The number of hydrogen-bond acceptors (Lipinski definition) is 3. The lowest BCUT2D eigenvalue weighted by Crippen LogP contribution is -2.48. The number of benzene rings is 2. The topological polar surface area (TPSA) is 61.4 Å². The summed E-state index contributed by atoms with van der Waals surface area (Å²) in [5, 5.41) is 5.85. The van der Waals surface area contributed by atoms with Gasteiger partial charge in [-0.3, -0.25) is 9.59 Å². The summed E-state index contributed by atoms with van der Waals surface area (Å²) in [6, 6.07) is 15.6. The zero-order valence-electron chi connectivity index (χ0n) is 16.3. The zero-order valence-corrected chi connectivity index (χ0v) is 16.3. The summed E-state index contributed by atoms with van der Waals surface area (Å²) in [7, 11) is 0. The zero-order chi connectivity index (χ0) is 19.5. The van der Waals surface area contributed by atoms with E-state index in [0.717, 1.165) is 29.0 Å². The average Bonchev–Trinajstić information content (AvgIpc) is 2.69. The van der Waals surface area contributed by atoms with Gasteiger partial charge in [-0.15, -0.1) is 0 Å². The van der Waals surface area contributed by atoms with Crippen LogP contribution in [0.3, 0.4) is 0 Å². The Labute approximate surface area is 166 Å². The average molecular weight is 377 g/mol. The number of carbonyl (C=O) groups is 2. The van der Waals surface area contributed by atoms with Gasteiger partial charge in [-0.25, -0.2) is 0 Å². The minimum Gasteiger partial charge on any atom is -0.326 e. The van der Waals surface area contributed by atoms with Gasteiger partial charge in [0.15, 0.2) is 0 Å². The number of nitrogens with one attached hydrogen (secondary N) is 2. The molecule has 28 heavy (non-hydrogen) atoms. The second-order valence-corrected chi connectivity index (χ2v) is 7.99. The molecule has 3 saturated heterocycles. The fraction of sp³-hybridized carbons (Fsp3) is 0.391. The Balaban J connectivity index is 1.37. The van der Waals surface area contributed by atoms with E-state index >= 15 is 0 Å². The third-order valence-electron chi connectivity index (χ3n) is 5.92. The van der Waals surface area contributed by atoms with Crippen molar-refractivity contribution in [2.75, 3.05) is 30.3 Å². The molecular weight excluding hydrogens is 350 g/mol. The number of hydrogen-bond donors (Lipinski definition) is 2. The highest BCUT2D eigenvalue weighted by molar-refractivity contribution is 5.91. The summed E-state index contributed by atoms with van der Waals surface area (Å²) in [6.07, 6.45) is 3.09. The van der Waals surface area contributed by atoms with Crippen molar-refractivity contribution in [3.63, 3.8) is 0 Å². The van der Waals surface area contributed by atoms with Crippen molar-refractivity contribution in [2.45, 2.75) is 26.2 Å². The van der Waals surface area contributed by atoms with Crippen LogP contribution in [0.2, 0.25) is 0 Å². The van der Waals surface area contributed by atoms with Crippen molar-refractivity contribution in [1.29, 1.82) is 0 Å². The van der Waals surface area contributed by atoms with Crippen LogP contribution in [0.5, 0.6) is 0 Å². The molecule has 5 nitrogen and oxygen atoms in total. The second kappa shape index (κ2) is 8.15. The largest absolute Gasteiger partial charge is 0.326 e. The lowest BCUT2D eigenvalue weighted by atomic mass is 9.77. The van der Waals surface area contributed by atoms with Crippen LogP contribution in [-0.4, -0.2) is 36.3 Å². The van der Waals surface area contributed by atoms with Crippen LogP contribution in [0.25, 0.3) is 11.1 Å². The molecule has 0 radical (unpaired) electrons. The fourth-order valence-corrected chi connectivity index (χ4v) is 4.49. The highest BCUT2D eigenvalue weighted by Gasteiger charge is 2.34. The first-order valence-corrected chi connectivity index (χ1v) is 10.1. The first kappa shape index (κ1) is 18.7. The van der Waals surface area contributed by atoms with E-state index in [0.29, 0.717) is 18.3 Å². The van der Waals surface area contributed by atoms with Crippen LogP contribution in [0.4, 0.5) is 11.4 Å². The number of anilines is 2. The molecule has 0 aromatic heterocycles. The van der Waals surface area contributed by atoms with E-state index in [2.05, 4.69) is 15.5 Å². The Kier molecular flexibility index (Phi) is 5.44. The van der Waals surface area contributed by atoms with E-state index in [1.54, 1.807) is 0 Å². The van der Waals surface area contributed by atoms with E-state index in [9.17, 15) is 9.59 Å². The molecule has 2 bridgehead atoms. The van der Waals surface area contributed by atoms with Crippen LogP contribution >= 0.6 is 0 Å². The molecule has 2 aromatic carbocycles. The van der Waals surface area contributed by atoms with Crippen LogP contribution < -0.4 is 10.6 Å². The van der Waals surface area contributed by atoms with E-state index in [4.69, 9.17) is 0 Å². The predicted octanol–water partition coefficient (Wildman–Crippen LogP) is 3.98. The van der Waals surface area contributed by atoms with E-state index in [1.165, 1.54) is 32.9 Å². The second-order valence-electron chi connectivity index (χ2n) is 7.99. The number of nitrogens with zero attached hydrogens (tertiary/aromatic N) is 1. The maximum Gasteiger partial charge on any atom is 0.224 e. The molecule has 2 aromatic rings. The Morgan fingerprint density at radius 2 is 1.71 bits per heavy atom. The van der Waals surface area contributed by atoms with Gasteiger partial charge in [0.2, 0.25) is 11.8 Å². The van der Waals surface area contributed by atoms with Gasteiger partial charge in [0.1, 0.15) is 0 Å². The summed E-state index contributed by atoms with van der Waals surface area (Å²) >= 11 is 0. The number of carbonyl (C=O) groups excluding carboxylic acids is 2. The van der Waals surface area contributed by atoms with Crippen molar-refractivity contribution in [1.82, 2.24) is 4.90 Å². The lowest BCUT2D eigenvalue weighted by Gasteiger charge is -2.44. The molecule has 146 valence electrons. The molecule has 1 atom stereocenters. The van der Waals surface area contributed by atoms with Crippen molar-refractivity contribution in [3.8, 4) is 11.1 Å². The summed E-state index contributed by atoms with van der Waals surface area (Å²) in [4.78, 5) is 26.2. The molecule has 3 fully saturated rings. The molecule has 1 unspecified atom stereocenters. The Hall–Kier alpha value is -2.66. The van der Waals surface area contributed by atoms with E-state index < -0.39 is 0 Å². The highest BCUT2D eigenvalue weighted by Crippen LogP contribution is 2.34. The first-order valence-electron chi connectivity index (χ1n) is 10.1. The molecule has 3 aliphatic rings. The lowest BCUT2D eigenvalue weighted by molar-refractivity contribution is -0.118. The monoisotopic (exact) mass is 377 g/mol. The van der Waals surface area contributed by atoms with Crippen LogP contribution in [0.1, 0.15) is 26.2 Å². The van der Waals surface area contributed by atoms with E-state index in [1.807, 2.05) is 48.5 Å². The van der Waals surface area contributed by atoms with Gasteiger partial charge in [0, 0.05) is 31.3 Å². The summed E-state index contributed by atoms with van der Waals surface area (Å²) in [5.74, 6) is 1.24.